The van der Waals surface area contributed by atoms with Gasteiger partial charge >= 0.3 is 0 Å². The molecule has 1 atom stereocenters. The molecule has 18 heavy (non-hydrogen) atoms. The van der Waals surface area contributed by atoms with Gasteiger partial charge in [0, 0.05) is 5.02 Å². The summed E-state index contributed by atoms with van der Waals surface area (Å²) in [4.78, 5) is 0. The Hall–Kier alpha value is 0.0600. The molecule has 2 rings (SSSR count). The molecule has 0 spiro atoms. The van der Waals surface area contributed by atoms with Gasteiger partial charge in [-0.2, -0.15) is 0 Å². The van der Waals surface area contributed by atoms with Crippen LogP contribution in [0, 0.1) is 5.82 Å². The van der Waals surface area contributed by atoms with Gasteiger partial charge in [-0.3, -0.25) is 0 Å². The van der Waals surface area contributed by atoms with E-state index in [1.165, 1.54) is 12.1 Å². The Morgan fingerprint density at radius 3 is 2.56 bits per heavy atom. The lowest BCUT2D eigenvalue weighted by Gasteiger charge is -2.17. The lowest BCUT2D eigenvalue weighted by Crippen LogP contribution is -2.18. The quantitative estimate of drug-likeness (QED) is 0.713. The minimum absolute atomic E-state index is 0.148. The molecule has 1 aromatic carbocycles. The van der Waals surface area contributed by atoms with Crippen molar-refractivity contribution in [3.05, 3.63) is 53.8 Å². The summed E-state index contributed by atoms with van der Waals surface area (Å²) >= 11 is 14.7. The summed E-state index contributed by atoms with van der Waals surface area (Å²) in [5.74, 6) is -0.292. The second kappa shape index (κ2) is 6.01. The van der Waals surface area contributed by atoms with E-state index in [0.29, 0.717) is 5.02 Å². The SMILES string of the molecule is CNC(c1cc(F)ccc1Cl)c1cc(Br)sc1Br. The average Bonchev–Trinajstić information content (AvgIpc) is 2.64. The summed E-state index contributed by atoms with van der Waals surface area (Å²) in [6.07, 6.45) is 0. The van der Waals surface area contributed by atoms with Gasteiger partial charge in [-0.25, -0.2) is 4.39 Å². The van der Waals surface area contributed by atoms with E-state index >= 15 is 0 Å². The molecule has 1 aromatic heterocycles. The normalized spacial score (nSPS) is 12.7. The maximum absolute atomic E-state index is 13.4. The third-order valence-corrected chi connectivity index (χ3v) is 5.28. The molecule has 0 fully saturated rings. The first-order valence-electron chi connectivity index (χ1n) is 5.10. The van der Waals surface area contributed by atoms with Crippen molar-refractivity contribution in [1.29, 1.82) is 0 Å². The van der Waals surface area contributed by atoms with Crippen LogP contribution >= 0.6 is 54.8 Å². The third kappa shape index (κ3) is 2.96. The van der Waals surface area contributed by atoms with Gasteiger partial charge in [0.15, 0.2) is 0 Å². The fraction of sp³-hybridized carbons (Fsp3) is 0.167. The topological polar surface area (TPSA) is 12.0 Å². The van der Waals surface area contributed by atoms with Crippen molar-refractivity contribution in [1.82, 2.24) is 5.32 Å². The zero-order valence-electron chi connectivity index (χ0n) is 9.31. The standard InChI is InChI=1S/C12H9Br2ClFNS/c1-17-11(8-5-10(13)18-12(8)14)7-4-6(16)2-3-9(7)15/h2-5,11,17H,1H3. The van der Waals surface area contributed by atoms with Crippen LogP contribution in [0.4, 0.5) is 4.39 Å². The number of rotatable bonds is 3. The van der Waals surface area contributed by atoms with Crippen LogP contribution in [0.25, 0.3) is 0 Å². The van der Waals surface area contributed by atoms with Crippen molar-refractivity contribution in [3.63, 3.8) is 0 Å². The van der Waals surface area contributed by atoms with Crippen LogP contribution in [0.1, 0.15) is 17.2 Å². The van der Waals surface area contributed by atoms with Gasteiger partial charge in [-0.1, -0.05) is 11.6 Å². The van der Waals surface area contributed by atoms with E-state index in [4.69, 9.17) is 11.6 Å². The molecule has 0 bridgehead atoms. The van der Waals surface area contributed by atoms with Crippen molar-refractivity contribution in [2.45, 2.75) is 6.04 Å². The van der Waals surface area contributed by atoms with Gasteiger partial charge in [0.2, 0.25) is 0 Å². The number of benzene rings is 1. The van der Waals surface area contributed by atoms with Crippen molar-refractivity contribution in [2.75, 3.05) is 7.05 Å². The first-order chi connectivity index (χ1) is 8.52. The fourth-order valence-electron chi connectivity index (χ4n) is 1.76. The van der Waals surface area contributed by atoms with Gasteiger partial charge in [-0.05, 0) is 74.3 Å². The monoisotopic (exact) mass is 411 g/mol. The summed E-state index contributed by atoms with van der Waals surface area (Å²) in [6, 6.07) is 6.24. The minimum Gasteiger partial charge on any atom is -0.309 e. The zero-order valence-corrected chi connectivity index (χ0v) is 14.1. The minimum atomic E-state index is -0.292. The van der Waals surface area contributed by atoms with Gasteiger partial charge < -0.3 is 5.32 Å². The van der Waals surface area contributed by atoms with Crippen LogP contribution in [0.15, 0.2) is 31.8 Å². The Kier molecular flexibility index (Phi) is 4.83. The molecular weight excluding hydrogens is 404 g/mol. The van der Waals surface area contributed by atoms with Crippen LogP contribution in [0.5, 0.6) is 0 Å². The predicted molar refractivity (Wildman–Crippen MR) is 82.0 cm³/mol. The molecule has 0 amide bonds. The van der Waals surface area contributed by atoms with E-state index in [9.17, 15) is 4.39 Å². The van der Waals surface area contributed by atoms with E-state index in [-0.39, 0.29) is 11.9 Å². The second-order valence-electron chi connectivity index (χ2n) is 3.67. The van der Waals surface area contributed by atoms with Crippen LogP contribution < -0.4 is 5.32 Å². The van der Waals surface area contributed by atoms with E-state index in [2.05, 4.69) is 37.2 Å². The van der Waals surface area contributed by atoms with E-state index < -0.39 is 0 Å². The summed E-state index contributed by atoms with van der Waals surface area (Å²) in [7, 11) is 1.82. The first kappa shape index (κ1) is 14.5. The zero-order chi connectivity index (χ0) is 13.3. The Morgan fingerprint density at radius 1 is 1.28 bits per heavy atom. The van der Waals surface area contributed by atoms with Crippen LogP contribution in [-0.2, 0) is 0 Å². The Morgan fingerprint density at radius 2 is 2.00 bits per heavy atom. The lowest BCUT2D eigenvalue weighted by molar-refractivity contribution is 0.617. The molecule has 1 N–H and O–H groups in total. The molecule has 0 saturated carbocycles. The maximum Gasteiger partial charge on any atom is 0.123 e. The highest BCUT2D eigenvalue weighted by atomic mass is 79.9. The molecule has 0 saturated heterocycles. The smallest absolute Gasteiger partial charge is 0.123 e. The molecule has 0 aliphatic rings. The van der Waals surface area contributed by atoms with Crippen LogP contribution in [0.3, 0.4) is 0 Å². The molecule has 2 aromatic rings. The van der Waals surface area contributed by atoms with Crippen molar-refractivity contribution in [3.8, 4) is 0 Å². The number of thiophene rings is 1. The van der Waals surface area contributed by atoms with Crippen molar-refractivity contribution in [2.24, 2.45) is 0 Å². The van der Waals surface area contributed by atoms with Gasteiger partial charge in [0.05, 0.1) is 13.6 Å². The van der Waals surface area contributed by atoms with E-state index in [1.54, 1.807) is 17.4 Å². The van der Waals surface area contributed by atoms with Crippen LogP contribution in [-0.4, -0.2) is 7.05 Å². The number of hydrogen-bond acceptors (Lipinski definition) is 2. The van der Waals surface area contributed by atoms with E-state index in [0.717, 1.165) is 18.7 Å². The number of hydrogen-bond donors (Lipinski definition) is 1. The lowest BCUT2D eigenvalue weighted by atomic mass is 10.0. The maximum atomic E-state index is 13.4. The number of halogens is 4. The first-order valence-corrected chi connectivity index (χ1v) is 7.88. The highest BCUT2D eigenvalue weighted by Crippen LogP contribution is 2.39. The molecular formula is C12H9Br2ClFNS. The van der Waals surface area contributed by atoms with Gasteiger partial charge in [0.1, 0.15) is 5.82 Å². The molecule has 96 valence electrons. The largest absolute Gasteiger partial charge is 0.309 e. The highest BCUT2D eigenvalue weighted by Gasteiger charge is 2.20. The van der Waals surface area contributed by atoms with Crippen LogP contribution in [0.2, 0.25) is 5.02 Å². The van der Waals surface area contributed by atoms with Crippen molar-refractivity contribution < 1.29 is 4.39 Å². The summed E-state index contributed by atoms with van der Waals surface area (Å²) in [5.41, 5.74) is 1.76. The summed E-state index contributed by atoms with van der Waals surface area (Å²) in [5, 5.41) is 3.71. The molecule has 6 heteroatoms. The Labute approximate surface area is 131 Å². The number of nitrogens with one attached hydrogen (secondary N) is 1. The molecule has 1 nitrogen and oxygen atoms in total. The van der Waals surface area contributed by atoms with E-state index in [1.807, 2.05) is 13.1 Å². The van der Waals surface area contributed by atoms with Gasteiger partial charge in [0.25, 0.3) is 0 Å². The third-order valence-electron chi connectivity index (χ3n) is 2.55. The molecule has 1 unspecified atom stereocenters. The molecule has 1 heterocycles. The summed E-state index contributed by atoms with van der Waals surface area (Å²) in [6.45, 7) is 0. The second-order valence-corrected chi connectivity index (χ2v) is 7.82. The fourth-order valence-corrected chi connectivity index (χ4v) is 4.89. The molecule has 0 aliphatic heterocycles. The Balaban J connectivity index is 2.51. The summed E-state index contributed by atoms with van der Waals surface area (Å²) < 4.78 is 15.4. The Bertz CT molecular complexity index is 573. The van der Waals surface area contributed by atoms with Gasteiger partial charge in [-0.15, -0.1) is 11.3 Å². The highest BCUT2D eigenvalue weighted by molar-refractivity contribution is 9.12. The molecule has 0 radical (unpaired) electrons. The average molecular weight is 414 g/mol. The molecule has 0 aliphatic carbocycles. The predicted octanol–water partition coefficient (Wildman–Crippen LogP) is 5.37. The van der Waals surface area contributed by atoms with Crippen molar-refractivity contribution >= 4 is 54.8 Å².